The number of para-hydroxylation sites is 1. The summed E-state index contributed by atoms with van der Waals surface area (Å²) < 4.78 is 39.7. The van der Waals surface area contributed by atoms with Crippen LogP contribution in [-0.2, 0) is 6.18 Å². The summed E-state index contributed by atoms with van der Waals surface area (Å²) in [5.41, 5.74) is 0.353. The highest BCUT2D eigenvalue weighted by Crippen LogP contribution is 2.36. The smallest absolute Gasteiger partial charge is 0.418 e. The van der Waals surface area contributed by atoms with E-state index in [1.54, 1.807) is 6.07 Å². The van der Waals surface area contributed by atoms with E-state index in [2.05, 4.69) is 15.3 Å². The molecular weight excluding hydrogens is 401 g/mol. The van der Waals surface area contributed by atoms with E-state index >= 15 is 0 Å². The number of nitrogens with zero attached hydrogens (tertiary/aromatic N) is 2. The molecule has 1 aliphatic rings. The van der Waals surface area contributed by atoms with E-state index < -0.39 is 23.8 Å². The summed E-state index contributed by atoms with van der Waals surface area (Å²) in [7, 11) is 0. The topological polar surface area (TPSA) is 101 Å². The second kappa shape index (κ2) is 7.52. The van der Waals surface area contributed by atoms with Crippen LogP contribution in [0.2, 0.25) is 0 Å². The number of aromatic amines is 1. The van der Waals surface area contributed by atoms with Gasteiger partial charge in [0.2, 0.25) is 5.95 Å². The van der Waals surface area contributed by atoms with Crippen molar-refractivity contribution in [2.24, 2.45) is 0 Å². The number of carboxylic acids is 1. The van der Waals surface area contributed by atoms with Crippen LogP contribution >= 0.6 is 0 Å². The number of rotatable bonds is 4. The number of aromatic nitrogens is 2. The predicted molar refractivity (Wildman–Crippen MR) is 105 cm³/mol. The minimum absolute atomic E-state index is 0.0487. The van der Waals surface area contributed by atoms with Crippen molar-refractivity contribution in [1.29, 1.82) is 0 Å². The van der Waals surface area contributed by atoms with Crippen LogP contribution < -0.4 is 10.2 Å². The third kappa shape index (κ3) is 3.90. The molecule has 0 bridgehead atoms. The van der Waals surface area contributed by atoms with Crippen LogP contribution in [0.5, 0.6) is 0 Å². The average Bonchev–Trinajstić information content (AvgIpc) is 3.08. The van der Waals surface area contributed by atoms with Crippen molar-refractivity contribution in [2.45, 2.75) is 25.1 Å². The van der Waals surface area contributed by atoms with Gasteiger partial charge in [-0.25, -0.2) is 9.78 Å². The molecule has 1 saturated heterocycles. The Hall–Kier alpha value is -3.27. The van der Waals surface area contributed by atoms with E-state index in [9.17, 15) is 28.2 Å². The van der Waals surface area contributed by atoms with E-state index in [1.807, 2.05) is 4.90 Å². The third-order valence-electron chi connectivity index (χ3n) is 5.12. The van der Waals surface area contributed by atoms with Crippen LogP contribution in [0.1, 0.15) is 28.8 Å². The van der Waals surface area contributed by atoms with Gasteiger partial charge >= 0.3 is 12.1 Å². The van der Waals surface area contributed by atoms with Gasteiger partial charge in [0, 0.05) is 13.1 Å². The molecule has 1 fully saturated rings. The molecule has 0 saturated carbocycles. The number of hydrogen-bond acceptors (Lipinski definition) is 5. The molecule has 2 heterocycles. The fourth-order valence-electron chi connectivity index (χ4n) is 3.61. The monoisotopic (exact) mass is 420 g/mol. The molecular formula is C20H19F3N4O3. The van der Waals surface area contributed by atoms with Gasteiger partial charge in [0.25, 0.3) is 0 Å². The first-order valence-corrected chi connectivity index (χ1v) is 9.35. The largest absolute Gasteiger partial charge is 0.478 e. The van der Waals surface area contributed by atoms with E-state index in [0.29, 0.717) is 42.7 Å². The first-order valence-electron chi connectivity index (χ1n) is 9.35. The summed E-state index contributed by atoms with van der Waals surface area (Å²) in [5, 5.41) is 22.0. The predicted octanol–water partition coefficient (Wildman–Crippen LogP) is 3.98. The van der Waals surface area contributed by atoms with Gasteiger partial charge in [0.1, 0.15) is 0 Å². The number of alkyl halides is 3. The number of anilines is 3. The lowest BCUT2D eigenvalue weighted by Gasteiger charge is -2.32. The summed E-state index contributed by atoms with van der Waals surface area (Å²) in [4.78, 5) is 20.8. The second-order valence-corrected chi connectivity index (χ2v) is 7.16. The van der Waals surface area contributed by atoms with Crippen molar-refractivity contribution in [2.75, 3.05) is 23.3 Å². The molecule has 30 heavy (non-hydrogen) atoms. The Morgan fingerprint density at radius 1 is 1.20 bits per heavy atom. The first kappa shape index (κ1) is 20.0. The SMILES string of the molecule is O=C(O)c1cc2nc(Nc3ccccc3C(F)(F)F)[nH]c2cc1N1CCC(O)CC1. The van der Waals surface area contributed by atoms with Gasteiger partial charge < -0.3 is 25.4 Å². The fraction of sp³-hybridized carbons (Fsp3) is 0.300. The van der Waals surface area contributed by atoms with E-state index in [1.165, 1.54) is 24.3 Å². The molecule has 0 amide bonds. The second-order valence-electron chi connectivity index (χ2n) is 7.16. The number of nitrogens with one attached hydrogen (secondary N) is 2. The minimum Gasteiger partial charge on any atom is -0.478 e. The Morgan fingerprint density at radius 2 is 1.90 bits per heavy atom. The Kier molecular flexibility index (Phi) is 5.02. The molecule has 4 rings (SSSR count). The molecule has 158 valence electrons. The average molecular weight is 420 g/mol. The number of carboxylic acid groups (broad SMARTS) is 1. The number of hydrogen-bond donors (Lipinski definition) is 4. The highest BCUT2D eigenvalue weighted by atomic mass is 19.4. The molecule has 7 nitrogen and oxygen atoms in total. The normalized spacial score (nSPS) is 15.5. The lowest BCUT2D eigenvalue weighted by atomic mass is 10.0. The molecule has 4 N–H and O–H groups in total. The lowest BCUT2D eigenvalue weighted by Crippen LogP contribution is -2.36. The number of carbonyl (C=O) groups is 1. The highest BCUT2D eigenvalue weighted by Gasteiger charge is 2.33. The molecule has 0 spiro atoms. The van der Waals surface area contributed by atoms with Crippen molar-refractivity contribution in [1.82, 2.24) is 9.97 Å². The Bertz CT molecular complexity index is 1090. The highest BCUT2D eigenvalue weighted by molar-refractivity contribution is 6.00. The van der Waals surface area contributed by atoms with Gasteiger partial charge in [-0.3, -0.25) is 0 Å². The fourth-order valence-corrected chi connectivity index (χ4v) is 3.61. The summed E-state index contributed by atoms with van der Waals surface area (Å²) in [6, 6.07) is 8.07. The van der Waals surface area contributed by atoms with Crippen LogP contribution in [0.15, 0.2) is 36.4 Å². The number of piperidine rings is 1. The number of benzene rings is 2. The van der Waals surface area contributed by atoms with Crippen molar-refractivity contribution >= 4 is 34.3 Å². The third-order valence-corrected chi connectivity index (χ3v) is 5.12. The van der Waals surface area contributed by atoms with Crippen LogP contribution in [0.3, 0.4) is 0 Å². The number of fused-ring (bicyclic) bond motifs is 1. The lowest BCUT2D eigenvalue weighted by molar-refractivity contribution is -0.136. The Labute approximate surface area is 169 Å². The van der Waals surface area contributed by atoms with E-state index in [0.717, 1.165) is 6.07 Å². The van der Waals surface area contributed by atoms with Gasteiger partial charge in [0.15, 0.2) is 0 Å². The zero-order valence-corrected chi connectivity index (χ0v) is 15.7. The molecule has 2 aromatic carbocycles. The van der Waals surface area contributed by atoms with Gasteiger partial charge in [-0.05, 0) is 37.1 Å². The maximum Gasteiger partial charge on any atom is 0.418 e. The van der Waals surface area contributed by atoms with Crippen LogP contribution in [0, 0.1) is 0 Å². The molecule has 0 aliphatic carbocycles. The van der Waals surface area contributed by atoms with Crippen LogP contribution in [-0.4, -0.2) is 45.3 Å². The molecule has 0 atom stereocenters. The summed E-state index contributed by atoms with van der Waals surface area (Å²) in [5.74, 6) is -1.05. The van der Waals surface area contributed by atoms with Gasteiger partial charge in [-0.15, -0.1) is 0 Å². The van der Waals surface area contributed by atoms with Crippen molar-refractivity contribution in [3.8, 4) is 0 Å². The number of H-pyrrole nitrogens is 1. The zero-order valence-electron chi connectivity index (χ0n) is 15.7. The minimum atomic E-state index is -4.53. The first-order chi connectivity index (χ1) is 14.2. The van der Waals surface area contributed by atoms with E-state index in [4.69, 9.17) is 0 Å². The molecule has 10 heteroatoms. The molecule has 1 aromatic heterocycles. The number of halogens is 3. The number of imidazole rings is 1. The van der Waals surface area contributed by atoms with Gasteiger partial charge in [-0.1, -0.05) is 12.1 Å². The molecule has 3 aromatic rings. The quantitative estimate of drug-likeness (QED) is 0.509. The van der Waals surface area contributed by atoms with Crippen LogP contribution in [0.4, 0.5) is 30.5 Å². The number of aliphatic hydroxyl groups excluding tert-OH is 1. The standard InChI is InChI=1S/C20H19F3N4O3/c21-20(22,23)13-3-1-2-4-14(13)24-19-25-15-9-12(18(29)30)17(10-16(15)26-19)27-7-5-11(28)6-8-27/h1-4,9-11,28H,5-8H2,(H,29,30)(H2,24,25,26). The summed E-state index contributed by atoms with van der Waals surface area (Å²) >= 11 is 0. The van der Waals surface area contributed by atoms with Crippen molar-refractivity contribution in [3.63, 3.8) is 0 Å². The van der Waals surface area contributed by atoms with E-state index in [-0.39, 0.29) is 17.2 Å². The summed E-state index contributed by atoms with van der Waals surface area (Å²) in [6.45, 7) is 1.01. The zero-order chi connectivity index (χ0) is 21.5. The Balaban J connectivity index is 1.71. The maximum atomic E-state index is 13.2. The molecule has 0 radical (unpaired) electrons. The van der Waals surface area contributed by atoms with Crippen LogP contribution in [0.25, 0.3) is 11.0 Å². The molecule has 0 unspecified atom stereocenters. The molecule has 1 aliphatic heterocycles. The number of aliphatic hydroxyl groups is 1. The van der Waals surface area contributed by atoms with Gasteiger partial charge in [0.05, 0.1) is 39.6 Å². The van der Waals surface area contributed by atoms with Crippen molar-refractivity contribution in [3.05, 3.63) is 47.5 Å². The Morgan fingerprint density at radius 3 is 2.57 bits per heavy atom. The van der Waals surface area contributed by atoms with Crippen molar-refractivity contribution < 1.29 is 28.2 Å². The van der Waals surface area contributed by atoms with Gasteiger partial charge in [-0.2, -0.15) is 13.2 Å². The number of aromatic carboxylic acids is 1. The maximum absolute atomic E-state index is 13.2. The summed E-state index contributed by atoms with van der Waals surface area (Å²) in [6.07, 6.45) is -3.88.